The average Bonchev–Trinajstić information content (AvgIpc) is 2.61. The molecule has 0 saturated heterocycles. The highest BCUT2D eigenvalue weighted by Gasteiger charge is 2.18. The van der Waals surface area contributed by atoms with Gasteiger partial charge in [0.15, 0.2) is 5.82 Å². The Labute approximate surface area is 149 Å². The molecule has 1 N–H and O–H groups in total. The highest BCUT2D eigenvalue weighted by atomic mass is 32.2. The largest absolute Gasteiger partial charge is 0.277 e. The van der Waals surface area contributed by atoms with Gasteiger partial charge in [0.2, 0.25) is 0 Å². The van der Waals surface area contributed by atoms with Crippen molar-refractivity contribution >= 4 is 28.3 Å². The van der Waals surface area contributed by atoms with Crippen LogP contribution in [-0.4, -0.2) is 8.42 Å². The molecule has 128 valence electrons. The Morgan fingerprint density at radius 2 is 1.48 bits per heavy atom. The third-order valence-corrected chi connectivity index (χ3v) is 5.39. The van der Waals surface area contributed by atoms with Crippen LogP contribution in [-0.2, 0) is 10.0 Å². The predicted octanol–water partition coefficient (Wildman–Crippen LogP) is 4.72. The zero-order chi connectivity index (χ0) is 18.0. The van der Waals surface area contributed by atoms with E-state index in [1.54, 1.807) is 18.2 Å². The van der Waals surface area contributed by atoms with Gasteiger partial charge in [-0.05, 0) is 41.5 Å². The normalized spacial score (nSPS) is 11.3. The molecule has 3 nitrogen and oxygen atoms in total. The van der Waals surface area contributed by atoms with Gasteiger partial charge >= 0.3 is 0 Å². The second-order valence-corrected chi connectivity index (χ2v) is 7.38. The number of rotatable bonds is 4. The van der Waals surface area contributed by atoms with Crippen LogP contribution in [0.2, 0.25) is 0 Å². The fraction of sp³-hybridized carbons (Fsp3) is 0. The average molecular weight is 377 g/mol. The SMILES string of the molecule is O=S(=O)(Nc1ccc(-c2ccc(F)cc2)c(S)c1F)c1ccccc1. The van der Waals surface area contributed by atoms with E-state index in [9.17, 15) is 17.2 Å². The van der Waals surface area contributed by atoms with Crippen LogP contribution in [0.25, 0.3) is 11.1 Å². The van der Waals surface area contributed by atoms with Gasteiger partial charge in [0.1, 0.15) is 5.82 Å². The summed E-state index contributed by atoms with van der Waals surface area (Å²) in [5.41, 5.74) is 0.797. The van der Waals surface area contributed by atoms with Gasteiger partial charge in [-0.3, -0.25) is 4.72 Å². The van der Waals surface area contributed by atoms with Crippen molar-refractivity contribution in [2.24, 2.45) is 0 Å². The molecule has 0 spiro atoms. The Kier molecular flexibility index (Phi) is 4.78. The third-order valence-electron chi connectivity index (χ3n) is 3.57. The first-order valence-corrected chi connectivity index (χ1v) is 9.17. The summed E-state index contributed by atoms with van der Waals surface area (Å²) in [7, 11) is -3.91. The summed E-state index contributed by atoms with van der Waals surface area (Å²) in [5, 5.41) is 0. The molecular formula is C18H13F2NO2S2. The first-order valence-electron chi connectivity index (χ1n) is 7.24. The molecule has 25 heavy (non-hydrogen) atoms. The Bertz CT molecular complexity index is 1010. The second kappa shape index (κ2) is 6.85. The lowest BCUT2D eigenvalue weighted by Crippen LogP contribution is -2.14. The Morgan fingerprint density at radius 1 is 0.840 bits per heavy atom. The highest BCUT2D eigenvalue weighted by Crippen LogP contribution is 2.33. The van der Waals surface area contributed by atoms with Crippen LogP contribution >= 0.6 is 12.6 Å². The molecule has 0 amide bonds. The maximum atomic E-state index is 14.6. The lowest BCUT2D eigenvalue weighted by atomic mass is 10.0. The number of benzene rings is 3. The summed E-state index contributed by atoms with van der Waals surface area (Å²) < 4.78 is 54.5. The van der Waals surface area contributed by atoms with Crippen molar-refractivity contribution < 1.29 is 17.2 Å². The fourth-order valence-electron chi connectivity index (χ4n) is 2.31. The second-order valence-electron chi connectivity index (χ2n) is 5.25. The minimum absolute atomic E-state index is 0.0257. The molecule has 0 fully saturated rings. The van der Waals surface area contributed by atoms with E-state index in [2.05, 4.69) is 17.4 Å². The molecule has 0 aliphatic rings. The van der Waals surface area contributed by atoms with E-state index in [0.29, 0.717) is 11.1 Å². The molecule has 0 saturated carbocycles. The van der Waals surface area contributed by atoms with E-state index < -0.39 is 21.7 Å². The van der Waals surface area contributed by atoms with E-state index in [1.165, 1.54) is 48.5 Å². The Hall–Kier alpha value is -2.38. The predicted molar refractivity (Wildman–Crippen MR) is 96.3 cm³/mol. The van der Waals surface area contributed by atoms with Crippen molar-refractivity contribution in [3.8, 4) is 11.1 Å². The maximum Gasteiger partial charge on any atom is 0.261 e. The molecule has 0 aliphatic heterocycles. The first-order chi connectivity index (χ1) is 11.9. The smallest absolute Gasteiger partial charge is 0.261 e. The van der Waals surface area contributed by atoms with E-state index in [1.807, 2.05) is 0 Å². The number of sulfonamides is 1. The van der Waals surface area contributed by atoms with Crippen LogP contribution in [0.15, 0.2) is 76.5 Å². The molecule has 3 rings (SSSR count). The van der Waals surface area contributed by atoms with E-state index in [-0.39, 0.29) is 15.5 Å². The van der Waals surface area contributed by atoms with Crippen LogP contribution in [0.1, 0.15) is 0 Å². The molecule has 0 unspecified atom stereocenters. The fourth-order valence-corrected chi connectivity index (χ4v) is 3.71. The van der Waals surface area contributed by atoms with Gasteiger partial charge < -0.3 is 0 Å². The quantitative estimate of drug-likeness (QED) is 0.646. The molecule has 3 aromatic rings. The molecule has 0 heterocycles. The van der Waals surface area contributed by atoms with Crippen LogP contribution < -0.4 is 4.72 Å². The standard InChI is InChI=1S/C18H13F2NO2S2/c19-13-8-6-12(7-9-13)15-10-11-16(17(20)18(15)24)21-25(22,23)14-4-2-1-3-5-14/h1-11,21,24H. The van der Waals surface area contributed by atoms with Gasteiger partial charge in [0, 0.05) is 4.90 Å². The summed E-state index contributed by atoms with van der Waals surface area (Å²) in [6, 6.07) is 16.0. The van der Waals surface area contributed by atoms with E-state index >= 15 is 0 Å². The maximum absolute atomic E-state index is 14.6. The highest BCUT2D eigenvalue weighted by molar-refractivity contribution is 7.92. The molecule has 3 aromatic carbocycles. The summed E-state index contributed by atoms with van der Waals surface area (Å²) in [5.74, 6) is -1.21. The van der Waals surface area contributed by atoms with Crippen LogP contribution in [0.3, 0.4) is 0 Å². The monoisotopic (exact) mass is 377 g/mol. The summed E-state index contributed by atoms with van der Waals surface area (Å²) in [6.45, 7) is 0. The van der Waals surface area contributed by atoms with Gasteiger partial charge in [0.25, 0.3) is 10.0 Å². The van der Waals surface area contributed by atoms with Crippen molar-refractivity contribution in [2.45, 2.75) is 9.79 Å². The molecule has 0 radical (unpaired) electrons. The number of thiol groups is 1. The van der Waals surface area contributed by atoms with E-state index in [4.69, 9.17) is 0 Å². The summed E-state index contributed by atoms with van der Waals surface area (Å²) in [6.07, 6.45) is 0. The number of anilines is 1. The van der Waals surface area contributed by atoms with E-state index in [0.717, 1.165) is 0 Å². The van der Waals surface area contributed by atoms with Gasteiger partial charge in [-0.25, -0.2) is 17.2 Å². The topological polar surface area (TPSA) is 46.2 Å². The van der Waals surface area contributed by atoms with Crippen molar-refractivity contribution in [3.63, 3.8) is 0 Å². The summed E-state index contributed by atoms with van der Waals surface area (Å²) >= 11 is 4.15. The molecule has 0 atom stereocenters. The lowest BCUT2D eigenvalue weighted by molar-refractivity contribution is 0.594. The number of hydrogen-bond acceptors (Lipinski definition) is 3. The summed E-state index contributed by atoms with van der Waals surface area (Å²) in [4.78, 5) is -0.00223. The number of halogens is 2. The van der Waals surface area contributed by atoms with Gasteiger partial charge in [-0.2, -0.15) is 0 Å². The van der Waals surface area contributed by atoms with Gasteiger partial charge in [-0.15, -0.1) is 12.6 Å². The Balaban J connectivity index is 1.97. The minimum atomic E-state index is -3.91. The third kappa shape index (κ3) is 3.67. The van der Waals surface area contributed by atoms with Gasteiger partial charge in [0.05, 0.1) is 10.6 Å². The lowest BCUT2D eigenvalue weighted by Gasteiger charge is -2.13. The minimum Gasteiger partial charge on any atom is -0.277 e. The molecule has 7 heteroatoms. The van der Waals surface area contributed by atoms with Crippen molar-refractivity contribution in [3.05, 3.63) is 78.4 Å². The molecule has 0 bridgehead atoms. The van der Waals surface area contributed by atoms with Crippen molar-refractivity contribution in [1.29, 1.82) is 0 Å². The van der Waals surface area contributed by atoms with Crippen LogP contribution in [0.4, 0.5) is 14.5 Å². The zero-order valence-electron chi connectivity index (χ0n) is 12.8. The Morgan fingerprint density at radius 3 is 2.12 bits per heavy atom. The van der Waals surface area contributed by atoms with Crippen molar-refractivity contribution in [1.82, 2.24) is 0 Å². The molecule has 0 aromatic heterocycles. The number of hydrogen-bond donors (Lipinski definition) is 2. The zero-order valence-corrected chi connectivity index (χ0v) is 14.5. The van der Waals surface area contributed by atoms with Crippen molar-refractivity contribution in [2.75, 3.05) is 4.72 Å². The van der Waals surface area contributed by atoms with Crippen LogP contribution in [0, 0.1) is 11.6 Å². The van der Waals surface area contributed by atoms with Crippen LogP contribution in [0.5, 0.6) is 0 Å². The molecular weight excluding hydrogens is 364 g/mol. The van der Waals surface area contributed by atoms with Gasteiger partial charge in [-0.1, -0.05) is 36.4 Å². The first kappa shape index (κ1) is 17.4. The molecule has 0 aliphatic carbocycles. The number of nitrogens with one attached hydrogen (secondary N) is 1.